The van der Waals surface area contributed by atoms with Gasteiger partial charge in [-0.1, -0.05) is 91.0 Å². The molecule has 3 heteroatoms. The lowest BCUT2D eigenvalue weighted by molar-refractivity contribution is 0.152. The van der Waals surface area contributed by atoms with E-state index in [9.17, 15) is 4.79 Å². The molecule has 0 N–H and O–H groups in total. The van der Waals surface area contributed by atoms with E-state index in [4.69, 9.17) is 9.47 Å². The summed E-state index contributed by atoms with van der Waals surface area (Å²) in [6.45, 7) is 1.94. The number of carbonyl (C=O) groups excluding carboxylic acids is 1. The molecule has 0 aliphatic carbocycles. The summed E-state index contributed by atoms with van der Waals surface area (Å²) < 4.78 is 11.2. The molecule has 0 radical (unpaired) electrons. The first kappa shape index (κ1) is 18.5. The van der Waals surface area contributed by atoms with Crippen LogP contribution in [-0.4, -0.2) is 6.16 Å². The van der Waals surface area contributed by atoms with Gasteiger partial charge >= 0.3 is 6.16 Å². The molecule has 3 nitrogen and oxygen atoms in total. The minimum absolute atomic E-state index is 0.452. The Morgan fingerprint density at radius 2 is 1.17 bits per heavy atom. The highest BCUT2D eigenvalue weighted by molar-refractivity contribution is 5.85. The maximum Gasteiger partial charge on any atom is 0.519 e. The normalized spacial score (nSPS) is 10.4. The van der Waals surface area contributed by atoms with Gasteiger partial charge in [0.15, 0.2) is 0 Å². The second-order valence-electron chi connectivity index (χ2n) is 6.68. The van der Waals surface area contributed by atoms with Crippen molar-refractivity contribution in [3.05, 3.63) is 109 Å². The van der Waals surface area contributed by atoms with E-state index < -0.39 is 6.16 Å². The van der Waals surface area contributed by atoms with Crippen molar-refractivity contribution < 1.29 is 14.3 Å². The van der Waals surface area contributed by atoms with Crippen molar-refractivity contribution >= 4 is 6.16 Å². The first-order chi connectivity index (χ1) is 14.2. The predicted molar refractivity (Wildman–Crippen MR) is 115 cm³/mol. The number of benzene rings is 4. The van der Waals surface area contributed by atoms with Crippen LogP contribution in [0.1, 0.15) is 5.56 Å². The smallest absolute Gasteiger partial charge is 0.395 e. The molecule has 0 amide bonds. The Morgan fingerprint density at radius 1 is 0.621 bits per heavy atom. The van der Waals surface area contributed by atoms with Crippen LogP contribution >= 0.6 is 0 Å². The third-order valence-corrected chi connectivity index (χ3v) is 4.56. The van der Waals surface area contributed by atoms with E-state index in [1.54, 1.807) is 12.1 Å². The molecule has 4 aromatic carbocycles. The summed E-state index contributed by atoms with van der Waals surface area (Å²) in [5.41, 5.74) is 4.58. The Labute approximate surface area is 170 Å². The maximum atomic E-state index is 12.6. The van der Waals surface area contributed by atoms with Crippen molar-refractivity contribution in [1.29, 1.82) is 0 Å². The van der Waals surface area contributed by atoms with E-state index >= 15 is 0 Å². The Hall–Kier alpha value is -3.85. The molecular weight excluding hydrogens is 360 g/mol. The topological polar surface area (TPSA) is 35.5 Å². The minimum Gasteiger partial charge on any atom is -0.395 e. The molecule has 0 heterocycles. The standard InChI is InChI=1S/C26H20O3/c1-19-10-8-15-22(18-19)28-26(27)29-25-23(20-11-4-2-5-12-20)16-9-17-24(25)21-13-6-3-7-14-21/h2-18H,1H3. The zero-order valence-corrected chi connectivity index (χ0v) is 16.0. The summed E-state index contributed by atoms with van der Waals surface area (Å²) >= 11 is 0. The van der Waals surface area contributed by atoms with Gasteiger partial charge in [-0.2, -0.15) is 0 Å². The number of para-hydroxylation sites is 1. The molecule has 0 aliphatic heterocycles. The van der Waals surface area contributed by atoms with Crippen molar-refractivity contribution in [1.82, 2.24) is 0 Å². The van der Waals surface area contributed by atoms with Crippen LogP contribution in [0.2, 0.25) is 0 Å². The van der Waals surface area contributed by atoms with Crippen LogP contribution in [0.5, 0.6) is 11.5 Å². The monoisotopic (exact) mass is 380 g/mol. The van der Waals surface area contributed by atoms with E-state index in [1.807, 2.05) is 97.9 Å². The number of ether oxygens (including phenoxy) is 2. The van der Waals surface area contributed by atoms with Crippen LogP contribution in [0.15, 0.2) is 103 Å². The SMILES string of the molecule is Cc1cccc(OC(=O)Oc2c(-c3ccccc3)cccc2-c2ccccc2)c1. The van der Waals surface area contributed by atoms with Crippen molar-refractivity contribution in [3.8, 4) is 33.8 Å². The average Bonchev–Trinajstić information content (AvgIpc) is 2.75. The molecule has 0 spiro atoms. The van der Waals surface area contributed by atoms with E-state index in [-0.39, 0.29) is 0 Å². The number of rotatable bonds is 4. The van der Waals surface area contributed by atoms with Gasteiger partial charge in [-0.25, -0.2) is 4.79 Å². The molecule has 0 atom stereocenters. The summed E-state index contributed by atoms with van der Waals surface area (Å²) in [5, 5.41) is 0. The van der Waals surface area contributed by atoms with E-state index in [0.29, 0.717) is 11.5 Å². The van der Waals surface area contributed by atoms with Crippen molar-refractivity contribution in [2.45, 2.75) is 6.92 Å². The molecule has 0 aromatic heterocycles. The molecule has 4 rings (SSSR count). The Kier molecular flexibility index (Phi) is 5.39. The Bertz CT molecular complexity index is 1060. The Morgan fingerprint density at radius 3 is 1.72 bits per heavy atom. The van der Waals surface area contributed by atoms with Crippen LogP contribution in [-0.2, 0) is 0 Å². The third-order valence-electron chi connectivity index (χ3n) is 4.56. The highest BCUT2D eigenvalue weighted by Gasteiger charge is 2.18. The van der Waals surface area contributed by atoms with Gasteiger partial charge < -0.3 is 9.47 Å². The van der Waals surface area contributed by atoms with Gasteiger partial charge in [0.25, 0.3) is 0 Å². The lowest BCUT2D eigenvalue weighted by atomic mass is 9.97. The van der Waals surface area contributed by atoms with Gasteiger partial charge in [-0.05, 0) is 35.7 Å². The van der Waals surface area contributed by atoms with E-state index in [1.165, 1.54) is 0 Å². The van der Waals surface area contributed by atoms with Gasteiger partial charge in [0.05, 0.1) is 0 Å². The zero-order chi connectivity index (χ0) is 20.1. The van der Waals surface area contributed by atoms with Crippen molar-refractivity contribution in [2.24, 2.45) is 0 Å². The fourth-order valence-electron chi connectivity index (χ4n) is 3.22. The molecule has 29 heavy (non-hydrogen) atoms. The van der Waals surface area contributed by atoms with Gasteiger partial charge in [0.2, 0.25) is 0 Å². The van der Waals surface area contributed by atoms with Crippen LogP contribution in [0.4, 0.5) is 4.79 Å². The van der Waals surface area contributed by atoms with Gasteiger partial charge in [-0.3, -0.25) is 0 Å². The fraction of sp³-hybridized carbons (Fsp3) is 0.0385. The number of hydrogen-bond donors (Lipinski definition) is 0. The molecule has 142 valence electrons. The molecule has 0 fully saturated rings. The first-order valence-corrected chi connectivity index (χ1v) is 9.41. The molecule has 4 aromatic rings. The Balaban J connectivity index is 1.74. The van der Waals surface area contributed by atoms with Crippen molar-refractivity contribution in [2.75, 3.05) is 0 Å². The molecule has 0 bridgehead atoms. The van der Waals surface area contributed by atoms with Crippen LogP contribution in [0.3, 0.4) is 0 Å². The third kappa shape index (κ3) is 4.36. The number of aryl methyl sites for hydroxylation is 1. The number of hydrogen-bond acceptors (Lipinski definition) is 3. The van der Waals surface area contributed by atoms with Crippen LogP contribution in [0.25, 0.3) is 22.3 Å². The lowest BCUT2D eigenvalue weighted by Gasteiger charge is -2.15. The summed E-state index contributed by atoms with van der Waals surface area (Å²) in [6.07, 6.45) is -0.767. The molecular formula is C26H20O3. The van der Waals surface area contributed by atoms with E-state index in [0.717, 1.165) is 27.8 Å². The molecule has 0 unspecified atom stereocenters. The minimum atomic E-state index is -0.767. The van der Waals surface area contributed by atoms with Crippen LogP contribution in [0, 0.1) is 6.92 Å². The van der Waals surface area contributed by atoms with Gasteiger partial charge in [0.1, 0.15) is 11.5 Å². The zero-order valence-electron chi connectivity index (χ0n) is 16.0. The quantitative estimate of drug-likeness (QED) is 0.285. The van der Waals surface area contributed by atoms with Gasteiger partial charge in [0, 0.05) is 11.1 Å². The average molecular weight is 380 g/mol. The maximum absolute atomic E-state index is 12.6. The summed E-state index contributed by atoms with van der Waals surface area (Å²) in [6, 6.07) is 32.8. The first-order valence-electron chi connectivity index (χ1n) is 9.41. The lowest BCUT2D eigenvalue weighted by Crippen LogP contribution is -2.15. The highest BCUT2D eigenvalue weighted by Crippen LogP contribution is 2.39. The summed E-state index contributed by atoms with van der Waals surface area (Å²) in [4.78, 5) is 12.6. The predicted octanol–water partition coefficient (Wildman–Crippen LogP) is 6.91. The number of carbonyl (C=O) groups is 1. The summed E-state index contributed by atoms with van der Waals surface area (Å²) in [7, 11) is 0. The van der Waals surface area contributed by atoms with Crippen LogP contribution < -0.4 is 9.47 Å². The molecule has 0 saturated heterocycles. The second kappa shape index (κ2) is 8.44. The fourth-order valence-corrected chi connectivity index (χ4v) is 3.22. The second-order valence-corrected chi connectivity index (χ2v) is 6.68. The van der Waals surface area contributed by atoms with Crippen molar-refractivity contribution in [3.63, 3.8) is 0 Å². The molecule has 0 saturated carbocycles. The molecule has 0 aliphatic rings. The van der Waals surface area contributed by atoms with Gasteiger partial charge in [-0.15, -0.1) is 0 Å². The highest BCUT2D eigenvalue weighted by atomic mass is 16.7. The van der Waals surface area contributed by atoms with E-state index in [2.05, 4.69) is 0 Å². The summed E-state index contributed by atoms with van der Waals surface area (Å²) in [5.74, 6) is 0.927. The largest absolute Gasteiger partial charge is 0.519 e.